The lowest BCUT2D eigenvalue weighted by Crippen LogP contribution is -2.33. The van der Waals surface area contributed by atoms with Crippen LogP contribution in [-0.4, -0.2) is 30.3 Å². The van der Waals surface area contributed by atoms with E-state index in [1.807, 2.05) is 26.0 Å². The van der Waals surface area contributed by atoms with Gasteiger partial charge >= 0.3 is 5.97 Å². The maximum atomic E-state index is 13.0. The fourth-order valence-electron chi connectivity index (χ4n) is 5.32. The summed E-state index contributed by atoms with van der Waals surface area (Å²) in [6, 6.07) is 13.4. The van der Waals surface area contributed by atoms with Gasteiger partial charge in [0.05, 0.1) is 23.1 Å². The quantitative estimate of drug-likeness (QED) is 0.433. The molecule has 5 rings (SSSR count). The van der Waals surface area contributed by atoms with Gasteiger partial charge in [-0.25, -0.2) is 4.79 Å². The molecule has 1 aliphatic heterocycles. The maximum absolute atomic E-state index is 13.0. The van der Waals surface area contributed by atoms with Crippen LogP contribution in [0.15, 0.2) is 60.2 Å². The summed E-state index contributed by atoms with van der Waals surface area (Å²) in [5, 5.41) is 2.66. The molecule has 33 heavy (non-hydrogen) atoms. The molecule has 168 valence electrons. The number of carbonyl (C=O) groups is 4. The Balaban J connectivity index is 1.21. The van der Waals surface area contributed by atoms with Crippen molar-refractivity contribution in [3.05, 3.63) is 71.3 Å². The zero-order valence-corrected chi connectivity index (χ0v) is 18.4. The fraction of sp³-hybridized carbons (Fsp3) is 0.308. The molecule has 3 aliphatic rings. The predicted molar refractivity (Wildman–Crippen MR) is 121 cm³/mol. The molecule has 0 unspecified atom stereocenters. The number of hydrogen-bond donors (Lipinski definition) is 1. The predicted octanol–water partition coefficient (Wildman–Crippen LogP) is 3.49. The van der Waals surface area contributed by atoms with Gasteiger partial charge < -0.3 is 10.1 Å². The number of ether oxygens (including phenoxy) is 1. The molecule has 2 aliphatic carbocycles. The van der Waals surface area contributed by atoms with Gasteiger partial charge in [-0.1, -0.05) is 29.3 Å². The number of imide groups is 1. The van der Waals surface area contributed by atoms with E-state index in [2.05, 4.69) is 11.4 Å². The van der Waals surface area contributed by atoms with Crippen molar-refractivity contribution in [3.8, 4) is 0 Å². The second-order valence-electron chi connectivity index (χ2n) is 9.02. The van der Waals surface area contributed by atoms with Crippen LogP contribution in [0, 0.1) is 30.6 Å². The zero-order valence-electron chi connectivity index (χ0n) is 18.4. The van der Waals surface area contributed by atoms with Crippen molar-refractivity contribution in [1.82, 2.24) is 0 Å². The number of benzene rings is 2. The Bertz CT molecular complexity index is 1180. The van der Waals surface area contributed by atoms with E-state index in [1.165, 1.54) is 22.6 Å². The zero-order chi connectivity index (χ0) is 23.3. The molecule has 4 atom stereocenters. The van der Waals surface area contributed by atoms with Gasteiger partial charge in [-0.05, 0) is 68.5 Å². The molecular formula is C26H24N2O5. The Morgan fingerprint density at radius 3 is 2.33 bits per heavy atom. The molecule has 0 aromatic heterocycles. The van der Waals surface area contributed by atoms with Gasteiger partial charge in [0.25, 0.3) is 5.91 Å². The first-order chi connectivity index (χ1) is 15.8. The maximum Gasteiger partial charge on any atom is 0.338 e. The van der Waals surface area contributed by atoms with E-state index in [4.69, 9.17) is 4.74 Å². The SMILES string of the molecule is CC1=C[C@H]2C[C@H]1[C@H]1C(=O)N(c3ccc(C(=O)OCC(=O)Nc4ccc(C)cc4)cc3)C(=O)[C@@H]12. The highest BCUT2D eigenvalue weighted by Crippen LogP contribution is 2.55. The monoisotopic (exact) mass is 444 g/mol. The fourth-order valence-corrected chi connectivity index (χ4v) is 5.32. The minimum Gasteiger partial charge on any atom is -0.452 e. The largest absolute Gasteiger partial charge is 0.452 e. The van der Waals surface area contributed by atoms with E-state index in [9.17, 15) is 19.2 Å². The number of nitrogens with one attached hydrogen (secondary N) is 1. The molecule has 2 aromatic rings. The summed E-state index contributed by atoms with van der Waals surface area (Å²) in [6.07, 6.45) is 3.02. The van der Waals surface area contributed by atoms with Crippen LogP contribution in [0.2, 0.25) is 0 Å². The van der Waals surface area contributed by atoms with Gasteiger partial charge in [0, 0.05) is 5.69 Å². The summed E-state index contributed by atoms with van der Waals surface area (Å²) in [5.74, 6) is -1.68. The third-order valence-corrected chi connectivity index (χ3v) is 6.91. The number of hydrogen-bond acceptors (Lipinski definition) is 5. The van der Waals surface area contributed by atoms with Crippen LogP contribution in [0.4, 0.5) is 11.4 Å². The molecular weight excluding hydrogens is 420 g/mol. The number of anilines is 2. The van der Waals surface area contributed by atoms with E-state index in [-0.39, 0.29) is 41.0 Å². The Hall–Kier alpha value is -3.74. The van der Waals surface area contributed by atoms with E-state index < -0.39 is 18.5 Å². The summed E-state index contributed by atoms with van der Waals surface area (Å²) in [7, 11) is 0. The highest BCUT2D eigenvalue weighted by atomic mass is 16.5. The van der Waals surface area contributed by atoms with Gasteiger partial charge in [-0.15, -0.1) is 0 Å². The average molecular weight is 444 g/mol. The second kappa shape index (κ2) is 7.99. The van der Waals surface area contributed by atoms with E-state index in [0.29, 0.717) is 11.4 Å². The Morgan fingerprint density at radius 1 is 0.970 bits per heavy atom. The highest BCUT2D eigenvalue weighted by molar-refractivity contribution is 6.23. The van der Waals surface area contributed by atoms with Crippen molar-refractivity contribution < 1.29 is 23.9 Å². The molecule has 3 amide bonds. The molecule has 7 heteroatoms. The first kappa shape index (κ1) is 21.1. The Morgan fingerprint density at radius 2 is 1.64 bits per heavy atom. The average Bonchev–Trinajstić information content (AvgIpc) is 3.44. The number of aryl methyl sites for hydroxylation is 1. The smallest absolute Gasteiger partial charge is 0.338 e. The second-order valence-corrected chi connectivity index (χ2v) is 9.02. The molecule has 1 saturated carbocycles. The standard InChI is InChI=1S/C26H24N2O5/c1-14-3-7-18(8-4-14)27-21(29)13-33-26(32)16-5-9-19(10-6-16)28-24(30)22-17-11-15(2)20(12-17)23(22)25(28)31/h3-11,17,20,22-23H,12-13H2,1-2H3,(H,27,29)/t17-,20+,22+,23+/m0/s1. The van der Waals surface area contributed by atoms with Gasteiger partial charge in [0.15, 0.2) is 6.61 Å². The lowest BCUT2D eigenvalue weighted by molar-refractivity contribution is -0.123. The third kappa shape index (κ3) is 3.63. The van der Waals surface area contributed by atoms with E-state index in [0.717, 1.165) is 12.0 Å². The van der Waals surface area contributed by atoms with Crippen molar-refractivity contribution in [2.45, 2.75) is 20.3 Å². The molecule has 2 bridgehead atoms. The van der Waals surface area contributed by atoms with E-state index in [1.54, 1.807) is 24.3 Å². The molecule has 1 heterocycles. The summed E-state index contributed by atoms with van der Waals surface area (Å²) in [5.41, 5.74) is 3.58. The van der Waals surface area contributed by atoms with E-state index >= 15 is 0 Å². The highest BCUT2D eigenvalue weighted by Gasteiger charge is 2.60. The minimum atomic E-state index is -0.658. The number of allylic oxidation sites excluding steroid dienone is 2. The van der Waals surface area contributed by atoms with Crippen molar-refractivity contribution in [3.63, 3.8) is 0 Å². The molecule has 2 aromatic carbocycles. The summed E-state index contributed by atoms with van der Waals surface area (Å²) >= 11 is 0. The van der Waals surface area contributed by atoms with Crippen LogP contribution < -0.4 is 10.2 Å². The molecule has 1 saturated heterocycles. The molecule has 2 fully saturated rings. The Labute approximate surface area is 191 Å². The van der Waals surface area contributed by atoms with Gasteiger partial charge in [0.1, 0.15) is 0 Å². The number of fused-ring (bicyclic) bond motifs is 5. The molecule has 0 spiro atoms. The first-order valence-electron chi connectivity index (χ1n) is 11.0. The number of amides is 3. The lowest BCUT2D eigenvalue weighted by atomic mass is 9.82. The van der Waals surface area contributed by atoms with Gasteiger partial charge in [-0.2, -0.15) is 0 Å². The summed E-state index contributed by atoms with van der Waals surface area (Å²) in [4.78, 5) is 51.7. The minimum absolute atomic E-state index is 0.141. The topological polar surface area (TPSA) is 92.8 Å². The van der Waals surface area contributed by atoms with Crippen LogP contribution in [0.5, 0.6) is 0 Å². The lowest BCUT2D eigenvalue weighted by Gasteiger charge is -2.19. The van der Waals surface area contributed by atoms with Gasteiger partial charge in [0.2, 0.25) is 11.8 Å². The number of nitrogens with zero attached hydrogens (tertiary/aromatic N) is 1. The number of rotatable bonds is 5. The Kier molecular flexibility index (Phi) is 5.12. The summed E-state index contributed by atoms with van der Waals surface area (Å²) in [6.45, 7) is 3.56. The van der Waals surface area contributed by atoms with Crippen LogP contribution in [0.3, 0.4) is 0 Å². The van der Waals surface area contributed by atoms with Crippen LogP contribution >= 0.6 is 0 Å². The van der Waals surface area contributed by atoms with Crippen molar-refractivity contribution >= 4 is 35.1 Å². The van der Waals surface area contributed by atoms with Gasteiger partial charge in [-0.3, -0.25) is 19.3 Å². The van der Waals surface area contributed by atoms with Crippen LogP contribution in [0.25, 0.3) is 0 Å². The van der Waals surface area contributed by atoms with Crippen LogP contribution in [0.1, 0.15) is 29.3 Å². The first-order valence-corrected chi connectivity index (χ1v) is 11.0. The number of esters is 1. The summed E-state index contributed by atoms with van der Waals surface area (Å²) < 4.78 is 5.10. The van der Waals surface area contributed by atoms with Crippen molar-refractivity contribution in [1.29, 1.82) is 0 Å². The van der Waals surface area contributed by atoms with Crippen molar-refractivity contribution in [2.75, 3.05) is 16.8 Å². The molecule has 0 radical (unpaired) electrons. The number of carbonyl (C=O) groups excluding carboxylic acids is 4. The third-order valence-electron chi connectivity index (χ3n) is 6.91. The molecule has 1 N–H and O–H groups in total. The van der Waals surface area contributed by atoms with Crippen molar-refractivity contribution in [2.24, 2.45) is 23.7 Å². The normalized spacial score (nSPS) is 25.2. The van der Waals surface area contributed by atoms with Crippen LogP contribution in [-0.2, 0) is 19.1 Å². The molecule has 7 nitrogen and oxygen atoms in total.